The minimum atomic E-state index is -4.98. The van der Waals surface area contributed by atoms with Crippen molar-refractivity contribution in [2.24, 2.45) is 0 Å². The first-order valence-corrected chi connectivity index (χ1v) is 52.8. The SMILES string of the molecule is COCCO[C@H]1C(OP(O)(=S)OC[C@H]2O[C@@H](n3cc(C)c(=O)[nH]c3=O)[C@@H](OCCOC)C2OP(O)(=S)OC[C@H]2O[C@@H](n3cnc4c(N)ncnc43)[C@@H](OCCOC)C2OP(C)(O)=S)[C@@H](COP(O)(=S)OC2[C@@H](COP(O)(=S)OC3[C@@H](COC)O[C@@H](n4cnc5c(N)ncnc54)[C@H]3OCCOC)O[C@@H](n3cnc4c(N)ncnc43)[C@H]2OCCOC)O[C@H]1n1cc(C)c(N)nc1=O. The highest BCUT2D eigenvalue weighted by molar-refractivity contribution is 8.09. The van der Waals surface area contributed by atoms with Crippen molar-refractivity contribution in [3.05, 3.63) is 92.8 Å². The van der Waals surface area contributed by atoms with Gasteiger partial charge in [0.15, 0.2) is 72.0 Å². The minimum absolute atomic E-state index is 0.0150. The van der Waals surface area contributed by atoms with Gasteiger partial charge in [-0.2, -0.15) is 4.98 Å². The molecule has 0 amide bonds. The summed E-state index contributed by atoms with van der Waals surface area (Å²) in [6.07, 6.45) is -18.4. The lowest BCUT2D eigenvalue weighted by molar-refractivity contribution is -0.0837. The minimum Gasteiger partial charge on any atom is -0.383 e. The number of aryl methyl sites for hydroxylation is 2. The first-order chi connectivity index (χ1) is 62.0. The molecular formula is C67H99N20O33P5S5. The highest BCUT2D eigenvalue weighted by Crippen LogP contribution is 2.58. The number of ether oxygens (including phenoxy) is 16. The summed E-state index contributed by atoms with van der Waals surface area (Å²) in [6.45, 7) is -22.9. The molecule has 25 atom stereocenters. The number of rotatable bonds is 49. The van der Waals surface area contributed by atoms with Crippen molar-refractivity contribution in [1.29, 1.82) is 0 Å². The number of nitrogens with two attached hydrogens (primary N) is 4. The maximum Gasteiger partial charge on any atom is 0.351 e. The Labute approximate surface area is 764 Å². The molecule has 14 N–H and O–H groups in total. The first-order valence-electron chi connectivity index (χ1n) is 39.4. The van der Waals surface area contributed by atoms with Crippen LogP contribution in [0.5, 0.6) is 0 Å². The monoisotopic (exact) mass is 2030 g/mol. The molecule has 5 aliphatic heterocycles. The van der Waals surface area contributed by atoms with Crippen molar-refractivity contribution in [3.8, 4) is 0 Å². The van der Waals surface area contributed by atoms with Gasteiger partial charge in [0, 0.05) is 72.8 Å². The second-order valence-corrected chi connectivity index (χ2v) is 44.4. The molecule has 0 aliphatic carbocycles. The van der Waals surface area contributed by atoms with E-state index in [-0.39, 0.29) is 141 Å². The molecule has 720 valence electrons. The van der Waals surface area contributed by atoms with E-state index in [1.54, 1.807) is 11.5 Å². The number of anilines is 4. The number of nitrogens with one attached hydrogen (secondary N) is 1. The molecule has 13 rings (SSSR count). The molecule has 5 fully saturated rings. The third kappa shape index (κ3) is 24.3. The van der Waals surface area contributed by atoms with Crippen LogP contribution in [0.1, 0.15) is 42.3 Å². The largest absolute Gasteiger partial charge is 0.383 e. The summed E-state index contributed by atoms with van der Waals surface area (Å²) >= 11 is 28.8. The lowest BCUT2D eigenvalue weighted by Gasteiger charge is -2.31. The van der Waals surface area contributed by atoms with Gasteiger partial charge in [0.25, 0.3) is 5.56 Å². The average Bonchev–Trinajstić information content (AvgIpc) is 1.60. The number of fused-ring (bicyclic) bond motifs is 3. The Morgan fingerprint density at radius 1 is 0.369 bits per heavy atom. The Morgan fingerprint density at radius 2 is 0.654 bits per heavy atom. The molecule has 63 heteroatoms. The van der Waals surface area contributed by atoms with Crippen molar-refractivity contribution >= 4 is 149 Å². The van der Waals surface area contributed by atoms with E-state index in [1.807, 2.05) is 0 Å². The van der Waals surface area contributed by atoms with E-state index in [9.17, 15) is 38.9 Å². The van der Waals surface area contributed by atoms with Gasteiger partial charge in [-0.25, -0.2) is 54.4 Å². The highest BCUT2D eigenvalue weighted by atomic mass is 32.5. The topological polar surface area (TPSA) is 657 Å². The molecular weight excluding hydrogens is 1930 g/mol. The Bertz CT molecular complexity index is 5640. The van der Waals surface area contributed by atoms with E-state index in [2.05, 4.69) is 54.8 Å². The van der Waals surface area contributed by atoms with E-state index in [4.69, 9.17) is 198 Å². The van der Waals surface area contributed by atoms with Gasteiger partial charge in [0.2, 0.25) is 0 Å². The van der Waals surface area contributed by atoms with E-state index < -0.39 is 199 Å². The Kier molecular flexibility index (Phi) is 35.0. The molecule has 5 saturated heterocycles. The number of nitrogens with zero attached hydrogens (tertiary/aromatic N) is 15. The third-order valence-corrected chi connectivity index (χ3v) is 27.7. The number of methoxy groups -OCH3 is 6. The number of aromatic amines is 1. The van der Waals surface area contributed by atoms with Crippen molar-refractivity contribution in [3.63, 3.8) is 0 Å². The second kappa shape index (κ2) is 44.7. The first kappa shape index (κ1) is 102. The van der Waals surface area contributed by atoms with Crippen LogP contribution in [-0.4, -0.2) is 342 Å². The Hall–Kier alpha value is -5.54. The molecule has 10 unspecified atom stereocenters. The summed E-state index contributed by atoms with van der Waals surface area (Å²) in [5.74, 6) is -0.0508. The molecule has 8 aromatic heterocycles. The summed E-state index contributed by atoms with van der Waals surface area (Å²) in [4.78, 5) is 147. The normalized spacial score (nSPS) is 28.9. The molecule has 0 radical (unpaired) electrons. The third-order valence-electron chi connectivity index (χ3n) is 20.5. The van der Waals surface area contributed by atoms with Crippen LogP contribution >= 0.6 is 33.4 Å². The van der Waals surface area contributed by atoms with Crippen LogP contribution in [0.3, 0.4) is 0 Å². The Morgan fingerprint density at radius 3 is 0.954 bits per heavy atom. The number of imidazole rings is 3. The summed E-state index contributed by atoms with van der Waals surface area (Å²) < 4.78 is 161. The molecule has 0 aromatic carbocycles. The summed E-state index contributed by atoms with van der Waals surface area (Å²) in [5.41, 5.74) is 23.5. The summed E-state index contributed by atoms with van der Waals surface area (Å²) in [7, 11) is 8.50. The predicted octanol–water partition coefficient (Wildman–Crippen LogP) is -0.659. The fourth-order valence-corrected chi connectivity index (χ4v) is 21.5. The maximum absolute atomic E-state index is 14.1. The lowest BCUT2D eigenvalue weighted by Crippen LogP contribution is -2.42. The van der Waals surface area contributed by atoms with Gasteiger partial charge >= 0.3 is 38.3 Å². The fourth-order valence-electron chi connectivity index (χ4n) is 14.7. The molecule has 0 saturated carbocycles. The smallest absolute Gasteiger partial charge is 0.351 e. The summed E-state index contributed by atoms with van der Waals surface area (Å²) in [6, 6.07) is 0. The standard InChI is InChI=1S/C67H99N20O33P5S5/c1-33-20-83(66(89)81-53(33)68)61-49(103-16-11-97-4)45(118-124(94,129)108-25-38-46(50(104-17-12-98-5)62(113-38)84-21-34(2)60(88)82-67(84)90)119-123(93,128)107-23-36-43(116-121(9,91)126)48(102-15-10-96-3)63(114-36)85-30-78-40-54(69)72-27-75-57(40)85)37(112-61)24-109-125(95,130)120-47-39(115-65(52(47)106-19-14-100-7)87-32-80-42-56(71)74-29-77-59(42)87)26-110-122(92,127)117-44-35(22-101-8)111-64(51(44)105-18-13-99-6)86-31-79-41-55(70)73-28-76-58(41)86/h20-21,27-32,35-39,43-52,61-65H,10-19,22-26H2,1-9H3,(H,91,126)(H,92,127)(H,93,128)(H,94,129)(H,95,130)(H2,68,81,89)(H2,69,72,75)(H2,70,73,76)(H2,71,74,77)(H,82,88,90)/t35-,36-,37-,38-,39-,43?,44?,45?,46?,47?,48+,49+,50+,51+,52+,61-,62-,63-,64-,65-,121?,122?,123?,124?,125?/m1/s1. The summed E-state index contributed by atoms with van der Waals surface area (Å²) in [5, 5.41) is 0. The number of H-pyrrole nitrogens is 1. The molecule has 130 heavy (non-hydrogen) atoms. The van der Waals surface area contributed by atoms with Crippen molar-refractivity contribution in [2.75, 3.05) is 171 Å². The van der Waals surface area contributed by atoms with E-state index >= 15 is 0 Å². The van der Waals surface area contributed by atoms with Gasteiger partial charge in [0.1, 0.15) is 133 Å². The van der Waals surface area contributed by atoms with Crippen LogP contribution in [-0.2, 0) is 176 Å². The van der Waals surface area contributed by atoms with Gasteiger partial charge in [-0.1, -0.05) is 0 Å². The van der Waals surface area contributed by atoms with Crippen molar-refractivity contribution in [1.82, 2.24) is 77.7 Å². The van der Waals surface area contributed by atoms with Gasteiger partial charge in [-0.3, -0.25) is 50.7 Å². The zero-order valence-electron chi connectivity index (χ0n) is 70.7. The van der Waals surface area contributed by atoms with E-state index in [0.717, 1.165) is 9.13 Å². The molecule has 5 aliphatic rings. The number of nitrogen functional groups attached to an aromatic ring is 4. The lowest BCUT2D eigenvalue weighted by atomic mass is 10.1. The maximum atomic E-state index is 14.1. The van der Waals surface area contributed by atoms with Crippen LogP contribution in [0.4, 0.5) is 23.3 Å². The van der Waals surface area contributed by atoms with Gasteiger partial charge in [0.05, 0.1) is 118 Å². The van der Waals surface area contributed by atoms with Crippen LogP contribution in [0.15, 0.2) is 64.7 Å². The predicted molar refractivity (Wildman–Crippen MR) is 469 cm³/mol. The number of hydrogen-bond donors (Lipinski definition) is 10. The second-order valence-electron chi connectivity index (χ2n) is 29.4. The van der Waals surface area contributed by atoms with Crippen LogP contribution in [0.25, 0.3) is 33.5 Å². The molecule has 53 nitrogen and oxygen atoms in total. The van der Waals surface area contributed by atoms with Crippen molar-refractivity contribution in [2.45, 2.75) is 137 Å². The van der Waals surface area contributed by atoms with E-state index in [1.165, 1.54) is 116 Å². The molecule has 13 heterocycles. The quantitative estimate of drug-likeness (QED) is 0.0167. The van der Waals surface area contributed by atoms with Gasteiger partial charge in [-0.05, 0) is 72.9 Å². The Balaban J connectivity index is 0.800. The van der Waals surface area contributed by atoms with E-state index in [0.29, 0.717) is 0 Å². The van der Waals surface area contributed by atoms with Crippen LogP contribution in [0.2, 0.25) is 0 Å². The van der Waals surface area contributed by atoms with Crippen molar-refractivity contribution < 1.29 is 141 Å². The van der Waals surface area contributed by atoms with Gasteiger partial charge < -0.3 is 146 Å². The fraction of sp³-hybridized carbons (Fsp3) is 0.657. The number of aromatic nitrogens is 16. The highest BCUT2D eigenvalue weighted by Gasteiger charge is 2.58. The molecule has 8 aromatic rings. The zero-order valence-corrected chi connectivity index (χ0v) is 79.3. The van der Waals surface area contributed by atoms with Crippen LogP contribution < -0.4 is 39.9 Å². The zero-order chi connectivity index (χ0) is 93.3. The number of hydrogen-bond acceptors (Lipinski definition) is 47. The van der Waals surface area contributed by atoms with Crippen LogP contribution in [0, 0.1) is 13.8 Å². The average molecular weight is 2030 g/mol. The van der Waals surface area contributed by atoms with Gasteiger partial charge in [-0.15, -0.1) is 0 Å². The molecule has 0 bridgehead atoms. The molecule has 0 spiro atoms.